The fourth-order valence-electron chi connectivity index (χ4n) is 2.53. The number of hydrogen-bond acceptors (Lipinski definition) is 6. The molecule has 1 N–H and O–H groups in total. The summed E-state index contributed by atoms with van der Waals surface area (Å²) in [6.45, 7) is 1.90. The first-order chi connectivity index (χ1) is 12.6. The Balaban J connectivity index is 1.70. The first kappa shape index (κ1) is 17.9. The van der Waals surface area contributed by atoms with Gasteiger partial charge < -0.3 is 9.47 Å². The molecule has 134 valence electrons. The predicted octanol–water partition coefficient (Wildman–Crippen LogP) is 3.71. The largest absolute Gasteiger partial charge is 0.493 e. The number of nitrogens with one attached hydrogen (secondary N) is 1. The number of ether oxygens (including phenoxy) is 2. The molecule has 3 aromatic rings. The van der Waals surface area contributed by atoms with Crippen LogP contribution in [0.15, 0.2) is 42.5 Å². The number of methoxy groups -OCH3 is 2. The predicted molar refractivity (Wildman–Crippen MR) is 101 cm³/mol. The molecule has 26 heavy (non-hydrogen) atoms. The number of benzene rings is 2. The summed E-state index contributed by atoms with van der Waals surface area (Å²) in [4.78, 5) is 12.4. The highest BCUT2D eigenvalue weighted by molar-refractivity contribution is 7.15. The molecule has 0 radical (unpaired) electrons. The second kappa shape index (κ2) is 7.97. The van der Waals surface area contributed by atoms with Crippen molar-refractivity contribution in [3.63, 3.8) is 0 Å². The lowest BCUT2D eigenvalue weighted by atomic mass is 10.1. The van der Waals surface area contributed by atoms with Crippen LogP contribution in [0.1, 0.15) is 26.5 Å². The van der Waals surface area contributed by atoms with Crippen molar-refractivity contribution >= 4 is 22.4 Å². The minimum absolute atomic E-state index is 0.183. The molecule has 0 spiro atoms. The highest BCUT2D eigenvalue weighted by Gasteiger charge is 2.13. The number of aryl methyl sites for hydroxylation is 1. The lowest BCUT2D eigenvalue weighted by molar-refractivity contribution is 0.102. The lowest BCUT2D eigenvalue weighted by Crippen LogP contribution is -2.12. The van der Waals surface area contributed by atoms with Gasteiger partial charge in [0.15, 0.2) is 11.5 Å². The molecule has 0 aliphatic heterocycles. The zero-order chi connectivity index (χ0) is 18.5. The zero-order valence-electron chi connectivity index (χ0n) is 14.8. The number of carbonyl (C=O) groups excluding carboxylic acids is 1. The maximum Gasteiger partial charge on any atom is 0.257 e. The maximum absolute atomic E-state index is 12.4. The number of anilines is 1. The zero-order valence-corrected chi connectivity index (χ0v) is 15.6. The molecular formula is C19H19N3O3S. The minimum Gasteiger partial charge on any atom is -0.493 e. The standard InChI is InChI=1S/C19H19N3O3S/c1-12-6-4-5-7-14(12)18(23)20-19-22-21-17(26-19)11-13-8-9-15(24-2)16(10-13)25-3/h4-10H,11H2,1-3H3,(H,20,22,23). The average molecular weight is 369 g/mol. The number of amides is 1. The summed E-state index contributed by atoms with van der Waals surface area (Å²) in [7, 11) is 3.21. The first-order valence-corrected chi connectivity index (χ1v) is 8.82. The van der Waals surface area contributed by atoms with Crippen LogP contribution in [0.5, 0.6) is 11.5 Å². The molecule has 0 aliphatic carbocycles. The van der Waals surface area contributed by atoms with Crippen LogP contribution in [0.4, 0.5) is 5.13 Å². The van der Waals surface area contributed by atoms with E-state index >= 15 is 0 Å². The second-order valence-corrected chi connectivity index (χ2v) is 6.70. The molecule has 2 aromatic carbocycles. The van der Waals surface area contributed by atoms with Crippen molar-refractivity contribution in [1.82, 2.24) is 10.2 Å². The van der Waals surface area contributed by atoms with E-state index in [0.717, 1.165) is 16.1 Å². The summed E-state index contributed by atoms with van der Waals surface area (Å²) in [6.07, 6.45) is 0.595. The topological polar surface area (TPSA) is 73.3 Å². The molecule has 1 aromatic heterocycles. The highest BCUT2D eigenvalue weighted by atomic mass is 32.1. The van der Waals surface area contributed by atoms with Crippen LogP contribution in [0.3, 0.4) is 0 Å². The van der Waals surface area contributed by atoms with Gasteiger partial charge in [0, 0.05) is 12.0 Å². The van der Waals surface area contributed by atoms with Crippen molar-refractivity contribution in [1.29, 1.82) is 0 Å². The Bertz CT molecular complexity index is 924. The van der Waals surface area contributed by atoms with Crippen molar-refractivity contribution in [2.45, 2.75) is 13.3 Å². The summed E-state index contributed by atoms with van der Waals surface area (Å²) < 4.78 is 10.6. The number of hydrogen-bond donors (Lipinski definition) is 1. The Kier molecular flexibility index (Phi) is 5.48. The van der Waals surface area contributed by atoms with Crippen LogP contribution in [-0.4, -0.2) is 30.3 Å². The summed E-state index contributed by atoms with van der Waals surface area (Å²) >= 11 is 1.35. The quantitative estimate of drug-likeness (QED) is 0.717. The minimum atomic E-state index is -0.183. The van der Waals surface area contributed by atoms with E-state index < -0.39 is 0 Å². The van der Waals surface area contributed by atoms with E-state index in [0.29, 0.717) is 28.6 Å². The molecule has 7 heteroatoms. The lowest BCUT2D eigenvalue weighted by Gasteiger charge is -2.08. The molecule has 0 atom stereocenters. The van der Waals surface area contributed by atoms with Crippen LogP contribution in [0.25, 0.3) is 0 Å². The number of aromatic nitrogens is 2. The van der Waals surface area contributed by atoms with Crippen molar-refractivity contribution in [3.05, 3.63) is 64.2 Å². The Morgan fingerprint density at radius 2 is 1.85 bits per heavy atom. The van der Waals surface area contributed by atoms with Crippen LogP contribution < -0.4 is 14.8 Å². The maximum atomic E-state index is 12.4. The fraction of sp³-hybridized carbons (Fsp3) is 0.211. The van der Waals surface area contributed by atoms with Gasteiger partial charge in [0.25, 0.3) is 5.91 Å². The van der Waals surface area contributed by atoms with Gasteiger partial charge in [-0.3, -0.25) is 10.1 Å². The summed E-state index contributed by atoms with van der Waals surface area (Å²) in [5.41, 5.74) is 2.57. The molecule has 1 amide bonds. The number of carbonyl (C=O) groups is 1. The average Bonchev–Trinajstić information content (AvgIpc) is 3.08. The summed E-state index contributed by atoms with van der Waals surface area (Å²) in [5, 5.41) is 12.3. The van der Waals surface area contributed by atoms with Crippen molar-refractivity contribution < 1.29 is 14.3 Å². The van der Waals surface area contributed by atoms with Crippen LogP contribution in [0, 0.1) is 6.92 Å². The Labute approximate surface area is 155 Å². The molecule has 0 saturated heterocycles. The van der Waals surface area contributed by atoms with Crippen LogP contribution in [0.2, 0.25) is 0 Å². The van der Waals surface area contributed by atoms with Gasteiger partial charge in [-0.2, -0.15) is 0 Å². The third-order valence-corrected chi connectivity index (χ3v) is 4.72. The van der Waals surface area contributed by atoms with Crippen molar-refractivity contribution in [3.8, 4) is 11.5 Å². The van der Waals surface area contributed by atoms with Gasteiger partial charge in [0.2, 0.25) is 5.13 Å². The highest BCUT2D eigenvalue weighted by Crippen LogP contribution is 2.29. The Morgan fingerprint density at radius 3 is 2.58 bits per heavy atom. The van der Waals surface area contributed by atoms with Gasteiger partial charge in [-0.05, 0) is 36.2 Å². The van der Waals surface area contributed by atoms with E-state index in [1.807, 2.05) is 43.3 Å². The molecule has 0 unspecified atom stereocenters. The van der Waals surface area contributed by atoms with Crippen LogP contribution >= 0.6 is 11.3 Å². The third-order valence-electron chi connectivity index (χ3n) is 3.88. The fourth-order valence-corrected chi connectivity index (χ4v) is 3.30. The van der Waals surface area contributed by atoms with Gasteiger partial charge in [-0.25, -0.2) is 0 Å². The summed E-state index contributed by atoms with van der Waals surface area (Å²) in [5.74, 6) is 1.17. The van der Waals surface area contributed by atoms with Gasteiger partial charge in [-0.1, -0.05) is 35.6 Å². The Hall–Kier alpha value is -2.93. The molecule has 0 saturated carbocycles. The molecule has 0 aliphatic rings. The first-order valence-electron chi connectivity index (χ1n) is 8.01. The van der Waals surface area contributed by atoms with E-state index in [1.165, 1.54) is 11.3 Å². The smallest absolute Gasteiger partial charge is 0.257 e. The molecule has 0 bridgehead atoms. The molecule has 6 nitrogen and oxygen atoms in total. The SMILES string of the molecule is COc1ccc(Cc2nnc(NC(=O)c3ccccc3C)s2)cc1OC. The number of rotatable bonds is 6. The van der Waals surface area contributed by atoms with Crippen LogP contribution in [-0.2, 0) is 6.42 Å². The normalized spacial score (nSPS) is 10.4. The van der Waals surface area contributed by atoms with E-state index in [1.54, 1.807) is 20.3 Å². The van der Waals surface area contributed by atoms with E-state index in [4.69, 9.17) is 9.47 Å². The van der Waals surface area contributed by atoms with Gasteiger partial charge in [0.05, 0.1) is 14.2 Å². The van der Waals surface area contributed by atoms with Gasteiger partial charge >= 0.3 is 0 Å². The summed E-state index contributed by atoms with van der Waals surface area (Å²) in [6, 6.07) is 13.1. The van der Waals surface area contributed by atoms with Gasteiger partial charge in [-0.15, -0.1) is 10.2 Å². The van der Waals surface area contributed by atoms with E-state index in [-0.39, 0.29) is 5.91 Å². The van der Waals surface area contributed by atoms with Gasteiger partial charge in [0.1, 0.15) is 5.01 Å². The van der Waals surface area contributed by atoms with Crippen molar-refractivity contribution in [2.75, 3.05) is 19.5 Å². The third kappa shape index (κ3) is 4.00. The van der Waals surface area contributed by atoms with E-state index in [2.05, 4.69) is 15.5 Å². The van der Waals surface area contributed by atoms with E-state index in [9.17, 15) is 4.79 Å². The van der Waals surface area contributed by atoms with Crippen molar-refractivity contribution in [2.24, 2.45) is 0 Å². The second-order valence-electron chi connectivity index (χ2n) is 5.64. The Morgan fingerprint density at radius 1 is 1.08 bits per heavy atom. The monoisotopic (exact) mass is 369 g/mol. The molecule has 1 heterocycles. The molecular weight excluding hydrogens is 350 g/mol. The molecule has 0 fully saturated rings. The molecule has 3 rings (SSSR count). The number of nitrogens with zero attached hydrogens (tertiary/aromatic N) is 2.